The summed E-state index contributed by atoms with van der Waals surface area (Å²) >= 11 is 0. The highest BCUT2D eigenvalue weighted by Crippen LogP contribution is 2.29. The Hall–Kier alpha value is -1.97. The van der Waals surface area contributed by atoms with Gasteiger partial charge in [0.05, 0.1) is 12.1 Å². The molecule has 1 heterocycles. The lowest BCUT2D eigenvalue weighted by Crippen LogP contribution is -2.38. The molecule has 1 aliphatic carbocycles. The Morgan fingerprint density at radius 1 is 1.29 bits per heavy atom. The molecule has 2 aromatic rings. The molecule has 1 aromatic carbocycles. The Labute approximate surface area is 144 Å². The van der Waals surface area contributed by atoms with Gasteiger partial charge in [0.15, 0.2) is 0 Å². The van der Waals surface area contributed by atoms with E-state index in [1.54, 1.807) is 4.90 Å². The number of para-hydroxylation sites is 1. The van der Waals surface area contributed by atoms with Crippen LogP contribution < -0.4 is 0 Å². The number of aromatic nitrogens is 1. The van der Waals surface area contributed by atoms with Crippen molar-refractivity contribution < 1.29 is 9.90 Å². The van der Waals surface area contributed by atoms with Gasteiger partial charge in [-0.15, -0.1) is 0 Å². The molecule has 1 saturated carbocycles. The Balaban J connectivity index is 1.77. The first kappa shape index (κ1) is 16.9. The van der Waals surface area contributed by atoms with Crippen molar-refractivity contribution in [1.29, 1.82) is 0 Å². The third kappa shape index (κ3) is 3.58. The molecule has 1 aliphatic rings. The molecule has 24 heavy (non-hydrogen) atoms. The van der Waals surface area contributed by atoms with Crippen LogP contribution in [0.25, 0.3) is 10.9 Å². The first-order chi connectivity index (χ1) is 11.6. The fraction of sp³-hybridized carbons (Fsp3) is 0.550. The zero-order chi connectivity index (χ0) is 17.1. The van der Waals surface area contributed by atoms with Gasteiger partial charge in [-0.05, 0) is 36.3 Å². The fourth-order valence-corrected chi connectivity index (χ4v) is 4.20. The van der Waals surface area contributed by atoms with E-state index in [2.05, 4.69) is 23.6 Å². The predicted octanol–water partition coefficient (Wildman–Crippen LogP) is 5.02. The minimum atomic E-state index is -0.815. The van der Waals surface area contributed by atoms with Crippen molar-refractivity contribution in [3.63, 3.8) is 0 Å². The minimum absolute atomic E-state index is 0.0566. The Kier molecular flexibility index (Phi) is 5.12. The van der Waals surface area contributed by atoms with E-state index in [0.717, 1.165) is 17.5 Å². The molecule has 1 N–H and O–H groups in total. The van der Waals surface area contributed by atoms with Crippen LogP contribution in [0.4, 0.5) is 4.79 Å². The highest BCUT2D eigenvalue weighted by molar-refractivity contribution is 5.83. The van der Waals surface area contributed by atoms with Crippen LogP contribution in [0.15, 0.2) is 30.5 Å². The number of rotatable bonds is 5. The van der Waals surface area contributed by atoms with E-state index >= 15 is 0 Å². The second-order valence-electron chi connectivity index (χ2n) is 7.28. The number of carbonyl (C=O) groups is 1. The predicted molar refractivity (Wildman–Crippen MR) is 97.1 cm³/mol. The van der Waals surface area contributed by atoms with Crippen LogP contribution in [0.1, 0.15) is 51.0 Å². The van der Waals surface area contributed by atoms with Gasteiger partial charge in [0, 0.05) is 19.3 Å². The van der Waals surface area contributed by atoms with Gasteiger partial charge < -0.3 is 14.6 Å². The first-order valence-electron chi connectivity index (χ1n) is 9.08. The molecule has 1 aromatic heterocycles. The molecule has 0 bridgehead atoms. The minimum Gasteiger partial charge on any atom is -0.465 e. The van der Waals surface area contributed by atoms with Gasteiger partial charge >= 0.3 is 6.09 Å². The maximum Gasteiger partial charge on any atom is 0.407 e. The topological polar surface area (TPSA) is 45.5 Å². The molecule has 1 atom stereocenters. The molecule has 4 heteroatoms. The monoisotopic (exact) mass is 328 g/mol. The van der Waals surface area contributed by atoms with Gasteiger partial charge in [0.25, 0.3) is 0 Å². The molecule has 1 amide bonds. The van der Waals surface area contributed by atoms with Gasteiger partial charge in [0.1, 0.15) is 0 Å². The molecule has 0 saturated heterocycles. The number of hydrogen-bond donors (Lipinski definition) is 1. The summed E-state index contributed by atoms with van der Waals surface area (Å²) in [6, 6.07) is 8.28. The lowest BCUT2D eigenvalue weighted by atomic mass is 9.85. The van der Waals surface area contributed by atoms with E-state index in [1.165, 1.54) is 37.5 Å². The maximum absolute atomic E-state index is 11.9. The van der Waals surface area contributed by atoms with Crippen LogP contribution in [0.2, 0.25) is 0 Å². The second kappa shape index (κ2) is 7.29. The van der Waals surface area contributed by atoms with E-state index in [0.29, 0.717) is 12.5 Å². The smallest absolute Gasteiger partial charge is 0.407 e. The molecule has 1 unspecified atom stereocenters. The van der Waals surface area contributed by atoms with E-state index in [9.17, 15) is 9.90 Å². The van der Waals surface area contributed by atoms with Crippen LogP contribution in [-0.2, 0) is 13.6 Å². The normalized spacial score (nSPS) is 17.1. The molecule has 4 nitrogen and oxygen atoms in total. The van der Waals surface area contributed by atoms with Crippen LogP contribution in [-0.4, -0.2) is 26.7 Å². The third-order valence-corrected chi connectivity index (χ3v) is 5.50. The standard InChI is InChI=1S/C20H28N2O2/c1-15(13-16-7-4-3-5-8-16)22(20(23)24)14-18-10-6-9-17-11-12-21(2)19(17)18/h6,9-12,15-16H,3-5,7-8,13-14H2,1-2H3,(H,23,24). The van der Waals surface area contributed by atoms with Crippen molar-refractivity contribution >= 4 is 17.0 Å². The van der Waals surface area contributed by atoms with Crippen LogP contribution in [0, 0.1) is 5.92 Å². The zero-order valence-corrected chi connectivity index (χ0v) is 14.7. The van der Waals surface area contributed by atoms with E-state index in [4.69, 9.17) is 0 Å². The molecule has 0 radical (unpaired) electrons. The van der Waals surface area contributed by atoms with Crippen LogP contribution in [0.3, 0.4) is 0 Å². The Bertz CT molecular complexity index is 701. The van der Waals surface area contributed by atoms with Crippen molar-refractivity contribution in [2.75, 3.05) is 0 Å². The van der Waals surface area contributed by atoms with Crippen LogP contribution >= 0.6 is 0 Å². The Morgan fingerprint density at radius 2 is 2.04 bits per heavy atom. The molecule has 3 rings (SSSR count). The molecule has 1 fully saturated rings. The van der Waals surface area contributed by atoms with E-state index < -0.39 is 6.09 Å². The summed E-state index contributed by atoms with van der Waals surface area (Å²) in [5.74, 6) is 0.682. The summed E-state index contributed by atoms with van der Waals surface area (Å²) in [6.45, 7) is 2.52. The van der Waals surface area contributed by atoms with E-state index in [1.807, 2.05) is 25.4 Å². The SMILES string of the molecule is CC(CC1CCCCC1)N(Cc1cccc2ccn(C)c12)C(=O)O. The fourth-order valence-electron chi connectivity index (χ4n) is 4.20. The highest BCUT2D eigenvalue weighted by atomic mass is 16.4. The number of benzene rings is 1. The average molecular weight is 328 g/mol. The van der Waals surface area contributed by atoms with Crippen molar-refractivity contribution in [2.24, 2.45) is 13.0 Å². The second-order valence-corrected chi connectivity index (χ2v) is 7.28. The summed E-state index contributed by atoms with van der Waals surface area (Å²) in [5, 5.41) is 10.9. The van der Waals surface area contributed by atoms with Gasteiger partial charge in [-0.3, -0.25) is 0 Å². The number of carboxylic acid groups (broad SMARTS) is 1. The third-order valence-electron chi connectivity index (χ3n) is 5.50. The van der Waals surface area contributed by atoms with Crippen molar-refractivity contribution in [2.45, 2.75) is 58.0 Å². The summed E-state index contributed by atoms with van der Waals surface area (Å²) in [7, 11) is 2.02. The van der Waals surface area contributed by atoms with Crippen molar-refractivity contribution in [3.8, 4) is 0 Å². The lowest BCUT2D eigenvalue weighted by Gasteiger charge is -2.31. The maximum atomic E-state index is 11.9. The largest absolute Gasteiger partial charge is 0.465 e. The molecule has 0 aliphatic heterocycles. The van der Waals surface area contributed by atoms with Crippen molar-refractivity contribution in [1.82, 2.24) is 9.47 Å². The number of fused-ring (bicyclic) bond motifs is 1. The number of aryl methyl sites for hydroxylation is 1. The van der Waals surface area contributed by atoms with Gasteiger partial charge in [-0.25, -0.2) is 4.79 Å². The van der Waals surface area contributed by atoms with E-state index in [-0.39, 0.29) is 6.04 Å². The molecule has 0 spiro atoms. The van der Waals surface area contributed by atoms with Gasteiger partial charge in [0.2, 0.25) is 0 Å². The summed E-state index contributed by atoms with van der Waals surface area (Å²) in [6.07, 6.45) is 8.64. The summed E-state index contributed by atoms with van der Waals surface area (Å²) < 4.78 is 2.08. The number of nitrogens with zero attached hydrogens (tertiary/aromatic N) is 2. The lowest BCUT2D eigenvalue weighted by molar-refractivity contribution is 0.113. The quantitative estimate of drug-likeness (QED) is 0.838. The average Bonchev–Trinajstić information content (AvgIpc) is 2.95. The number of amides is 1. The molecular formula is C20H28N2O2. The Morgan fingerprint density at radius 3 is 2.75 bits per heavy atom. The van der Waals surface area contributed by atoms with Gasteiger partial charge in [-0.2, -0.15) is 0 Å². The van der Waals surface area contributed by atoms with Crippen LogP contribution in [0.5, 0.6) is 0 Å². The first-order valence-corrected chi connectivity index (χ1v) is 9.08. The molecular weight excluding hydrogens is 300 g/mol. The highest BCUT2D eigenvalue weighted by Gasteiger charge is 2.24. The van der Waals surface area contributed by atoms with Gasteiger partial charge in [-0.1, -0.05) is 50.3 Å². The summed E-state index contributed by atoms with van der Waals surface area (Å²) in [5.41, 5.74) is 2.21. The number of hydrogen-bond acceptors (Lipinski definition) is 1. The zero-order valence-electron chi connectivity index (χ0n) is 14.7. The molecule has 130 valence electrons. The summed E-state index contributed by atoms with van der Waals surface area (Å²) in [4.78, 5) is 13.5. The van der Waals surface area contributed by atoms with Crippen molar-refractivity contribution in [3.05, 3.63) is 36.0 Å².